The number of rotatable bonds is 6. The zero-order chi connectivity index (χ0) is 24.1. The third kappa shape index (κ3) is 4.86. The molecule has 0 saturated carbocycles. The van der Waals surface area contributed by atoms with Crippen molar-refractivity contribution in [2.75, 3.05) is 17.3 Å². The largest absolute Gasteiger partial charge is 0.497 e. The van der Waals surface area contributed by atoms with Crippen LogP contribution >= 0.6 is 12.2 Å². The number of hydrogen-bond acceptors (Lipinski definition) is 6. The number of para-hydroxylation sites is 1. The van der Waals surface area contributed by atoms with E-state index in [2.05, 4.69) is 15.7 Å². The van der Waals surface area contributed by atoms with E-state index in [1.165, 1.54) is 34.4 Å². The van der Waals surface area contributed by atoms with Crippen LogP contribution in [-0.2, 0) is 9.59 Å². The number of benzene rings is 2. The van der Waals surface area contributed by atoms with Gasteiger partial charge in [0.1, 0.15) is 11.8 Å². The third-order valence-corrected chi connectivity index (χ3v) is 5.54. The lowest BCUT2D eigenvalue weighted by molar-refractivity contribution is -0.127. The van der Waals surface area contributed by atoms with Gasteiger partial charge in [-0.05, 0) is 60.7 Å². The van der Waals surface area contributed by atoms with E-state index in [4.69, 9.17) is 17.0 Å². The van der Waals surface area contributed by atoms with Crippen molar-refractivity contribution < 1.29 is 19.1 Å². The SMILES string of the molecule is COc1ccc(NC(=O)[C@@H]2CC(=O)N(c3ccccc3)C(=S)N2NC(=O)c2ccncc2)cc1. The molecule has 1 saturated heterocycles. The Morgan fingerprint density at radius 1 is 1.03 bits per heavy atom. The first kappa shape index (κ1) is 22.9. The summed E-state index contributed by atoms with van der Waals surface area (Å²) in [6.45, 7) is 0. The van der Waals surface area contributed by atoms with Crippen LogP contribution in [0.3, 0.4) is 0 Å². The minimum Gasteiger partial charge on any atom is -0.497 e. The lowest BCUT2D eigenvalue weighted by atomic mass is 10.1. The second kappa shape index (κ2) is 10.1. The highest BCUT2D eigenvalue weighted by Gasteiger charge is 2.41. The van der Waals surface area contributed by atoms with Crippen LogP contribution in [0.4, 0.5) is 11.4 Å². The molecule has 0 bridgehead atoms. The summed E-state index contributed by atoms with van der Waals surface area (Å²) < 4.78 is 5.14. The molecule has 4 rings (SSSR count). The molecule has 3 amide bonds. The van der Waals surface area contributed by atoms with Crippen molar-refractivity contribution in [3.8, 4) is 5.75 Å². The molecule has 1 aliphatic rings. The Hall–Kier alpha value is -4.31. The van der Waals surface area contributed by atoms with E-state index < -0.39 is 17.9 Å². The summed E-state index contributed by atoms with van der Waals surface area (Å²) >= 11 is 5.58. The zero-order valence-corrected chi connectivity index (χ0v) is 19.0. The molecule has 1 fully saturated rings. The molecule has 3 aromatic rings. The van der Waals surface area contributed by atoms with Gasteiger partial charge in [-0.3, -0.25) is 29.7 Å². The van der Waals surface area contributed by atoms with Gasteiger partial charge in [0.05, 0.1) is 19.2 Å². The number of amides is 3. The number of aromatic nitrogens is 1. The second-order valence-corrected chi connectivity index (χ2v) is 7.70. The fraction of sp³-hybridized carbons (Fsp3) is 0.125. The number of pyridine rings is 1. The highest BCUT2D eigenvalue weighted by molar-refractivity contribution is 7.80. The molecule has 0 spiro atoms. The Bertz CT molecular complexity index is 1210. The predicted molar refractivity (Wildman–Crippen MR) is 130 cm³/mol. The van der Waals surface area contributed by atoms with Crippen molar-refractivity contribution >= 4 is 46.4 Å². The molecule has 2 aromatic carbocycles. The maximum absolute atomic E-state index is 13.2. The van der Waals surface area contributed by atoms with Gasteiger partial charge in [-0.2, -0.15) is 0 Å². The Kier molecular flexibility index (Phi) is 6.79. The van der Waals surface area contributed by atoms with Gasteiger partial charge in [-0.1, -0.05) is 18.2 Å². The zero-order valence-electron chi connectivity index (χ0n) is 18.2. The number of hydrogen-bond donors (Lipinski definition) is 2. The van der Waals surface area contributed by atoms with Crippen molar-refractivity contribution in [1.82, 2.24) is 15.4 Å². The maximum atomic E-state index is 13.2. The van der Waals surface area contributed by atoms with Crippen LogP contribution in [0, 0.1) is 0 Å². The number of carbonyl (C=O) groups is 3. The molecular weight excluding hydrogens is 454 g/mol. The summed E-state index contributed by atoms with van der Waals surface area (Å²) in [5.74, 6) is -0.713. The fourth-order valence-corrected chi connectivity index (χ4v) is 3.82. The molecule has 0 radical (unpaired) electrons. The number of thiocarbonyl (C=S) groups is 1. The van der Waals surface area contributed by atoms with Crippen LogP contribution in [-0.4, -0.2) is 46.0 Å². The molecule has 2 N–H and O–H groups in total. The molecule has 9 nitrogen and oxygen atoms in total. The molecule has 34 heavy (non-hydrogen) atoms. The standard InChI is InChI=1S/C24H21N5O4S/c1-33-19-9-7-17(8-10-19)26-23(32)20-15-21(30)28(18-5-3-2-4-6-18)24(34)29(20)27-22(31)16-11-13-25-14-12-16/h2-14,20H,15H2,1H3,(H,26,32)(H,27,31)/t20-/m0/s1. The first-order valence-corrected chi connectivity index (χ1v) is 10.8. The van der Waals surface area contributed by atoms with Crippen LogP contribution in [0.2, 0.25) is 0 Å². The van der Waals surface area contributed by atoms with Gasteiger partial charge >= 0.3 is 0 Å². The van der Waals surface area contributed by atoms with E-state index in [0.717, 1.165) is 0 Å². The van der Waals surface area contributed by atoms with E-state index in [-0.39, 0.29) is 17.4 Å². The number of methoxy groups -OCH3 is 1. The van der Waals surface area contributed by atoms with Crippen molar-refractivity contribution in [1.29, 1.82) is 0 Å². The molecule has 1 atom stereocenters. The van der Waals surface area contributed by atoms with Crippen LogP contribution < -0.4 is 20.4 Å². The van der Waals surface area contributed by atoms with E-state index in [9.17, 15) is 14.4 Å². The number of nitrogens with one attached hydrogen (secondary N) is 2. The summed E-state index contributed by atoms with van der Waals surface area (Å²) in [5.41, 5.74) is 4.07. The summed E-state index contributed by atoms with van der Waals surface area (Å²) in [6, 6.07) is 17.6. The number of anilines is 2. The van der Waals surface area contributed by atoms with Gasteiger partial charge in [0.2, 0.25) is 16.9 Å². The van der Waals surface area contributed by atoms with Crippen molar-refractivity contribution in [2.24, 2.45) is 0 Å². The Morgan fingerprint density at radius 2 is 1.71 bits per heavy atom. The number of nitrogens with zero attached hydrogens (tertiary/aromatic N) is 3. The third-order valence-electron chi connectivity index (χ3n) is 5.17. The van der Waals surface area contributed by atoms with Crippen LogP contribution in [0.1, 0.15) is 16.8 Å². The molecule has 1 aliphatic heterocycles. The summed E-state index contributed by atoms with van der Waals surface area (Å²) in [6.07, 6.45) is 2.77. The fourth-order valence-electron chi connectivity index (χ4n) is 3.44. The number of ether oxygens (including phenoxy) is 1. The van der Waals surface area contributed by atoms with E-state index in [1.807, 2.05) is 6.07 Å². The predicted octanol–water partition coefficient (Wildman–Crippen LogP) is 2.77. The lowest BCUT2D eigenvalue weighted by Crippen LogP contribution is -2.65. The highest BCUT2D eigenvalue weighted by atomic mass is 32.1. The quantitative estimate of drug-likeness (QED) is 0.529. The summed E-state index contributed by atoms with van der Waals surface area (Å²) in [5, 5.41) is 4.02. The lowest BCUT2D eigenvalue weighted by Gasteiger charge is -2.41. The minimum absolute atomic E-state index is 0.0141. The monoisotopic (exact) mass is 475 g/mol. The number of hydrazine groups is 1. The van der Waals surface area contributed by atoms with E-state index in [0.29, 0.717) is 22.7 Å². The van der Waals surface area contributed by atoms with E-state index >= 15 is 0 Å². The van der Waals surface area contributed by atoms with E-state index in [1.54, 1.807) is 55.6 Å². The van der Waals surface area contributed by atoms with Crippen LogP contribution in [0.15, 0.2) is 79.1 Å². The minimum atomic E-state index is -1.06. The van der Waals surface area contributed by atoms with Crippen molar-refractivity contribution in [3.63, 3.8) is 0 Å². The van der Waals surface area contributed by atoms with Gasteiger partial charge < -0.3 is 10.1 Å². The first-order chi connectivity index (χ1) is 16.5. The van der Waals surface area contributed by atoms with Crippen molar-refractivity contribution in [2.45, 2.75) is 12.5 Å². The van der Waals surface area contributed by atoms with Crippen LogP contribution in [0.25, 0.3) is 0 Å². The molecule has 1 aromatic heterocycles. The Labute approximate surface area is 201 Å². The van der Waals surface area contributed by atoms with Crippen LogP contribution in [0.5, 0.6) is 5.75 Å². The second-order valence-electron chi connectivity index (χ2n) is 7.33. The normalized spacial score (nSPS) is 15.6. The molecule has 0 unspecified atom stereocenters. The van der Waals surface area contributed by atoms with Gasteiger partial charge in [0.25, 0.3) is 5.91 Å². The smallest absolute Gasteiger partial charge is 0.269 e. The Morgan fingerprint density at radius 3 is 2.35 bits per heavy atom. The highest BCUT2D eigenvalue weighted by Crippen LogP contribution is 2.25. The maximum Gasteiger partial charge on any atom is 0.269 e. The molecule has 0 aliphatic carbocycles. The van der Waals surface area contributed by atoms with Gasteiger partial charge in [0, 0.05) is 23.6 Å². The summed E-state index contributed by atoms with van der Waals surface area (Å²) in [4.78, 5) is 44.4. The van der Waals surface area contributed by atoms with Gasteiger partial charge in [0.15, 0.2) is 0 Å². The molecule has 172 valence electrons. The molecule has 10 heteroatoms. The Balaban J connectivity index is 1.62. The van der Waals surface area contributed by atoms with Gasteiger partial charge in [-0.15, -0.1) is 0 Å². The molecular formula is C24H21N5O4S. The topological polar surface area (TPSA) is 104 Å². The number of carbonyl (C=O) groups excluding carboxylic acids is 3. The van der Waals surface area contributed by atoms with Crippen molar-refractivity contribution in [3.05, 3.63) is 84.7 Å². The average Bonchev–Trinajstić information content (AvgIpc) is 2.87. The van der Waals surface area contributed by atoms with Gasteiger partial charge in [-0.25, -0.2) is 5.01 Å². The molecule has 2 heterocycles. The first-order valence-electron chi connectivity index (χ1n) is 10.3. The summed E-state index contributed by atoms with van der Waals surface area (Å²) in [7, 11) is 1.55. The average molecular weight is 476 g/mol.